The molecule has 17 heavy (non-hydrogen) atoms. The maximum absolute atomic E-state index is 11.7. The second kappa shape index (κ2) is 7.65. The highest BCUT2D eigenvalue weighted by molar-refractivity contribution is 5.91. The standard InChI is InChI=1S/C15H29NO/c1-6-8-9-10-11-13(15(4,5)16)12(3)14(17)7-2/h7,12-13H,2,6,8-11,16H2,1,3-5H3. The molecule has 0 aliphatic heterocycles. The second-order valence-electron chi connectivity index (χ2n) is 5.67. The van der Waals surface area contributed by atoms with Crippen LogP contribution in [0.1, 0.15) is 59.8 Å². The van der Waals surface area contributed by atoms with Gasteiger partial charge in [-0.2, -0.15) is 0 Å². The van der Waals surface area contributed by atoms with Crippen LogP contribution in [0.5, 0.6) is 0 Å². The van der Waals surface area contributed by atoms with Crippen LogP contribution in [0.25, 0.3) is 0 Å². The molecule has 2 nitrogen and oxygen atoms in total. The van der Waals surface area contributed by atoms with Crippen molar-refractivity contribution in [2.24, 2.45) is 17.6 Å². The van der Waals surface area contributed by atoms with Gasteiger partial charge in [0.05, 0.1) is 0 Å². The molecule has 0 saturated heterocycles. The van der Waals surface area contributed by atoms with E-state index in [0.717, 1.165) is 12.8 Å². The monoisotopic (exact) mass is 239 g/mol. The summed E-state index contributed by atoms with van der Waals surface area (Å²) in [5, 5.41) is 0. The van der Waals surface area contributed by atoms with Crippen LogP contribution in [0.4, 0.5) is 0 Å². The molecule has 0 aliphatic carbocycles. The summed E-state index contributed by atoms with van der Waals surface area (Å²) in [5.74, 6) is 0.336. The molecule has 0 amide bonds. The van der Waals surface area contributed by atoms with E-state index >= 15 is 0 Å². The third-order valence-electron chi connectivity index (χ3n) is 3.58. The van der Waals surface area contributed by atoms with Crippen molar-refractivity contribution in [2.75, 3.05) is 0 Å². The number of unbranched alkanes of at least 4 members (excludes halogenated alkanes) is 3. The molecule has 2 N–H and O–H groups in total. The van der Waals surface area contributed by atoms with Gasteiger partial charge in [0.25, 0.3) is 0 Å². The fraction of sp³-hybridized carbons (Fsp3) is 0.800. The molecular weight excluding hydrogens is 210 g/mol. The zero-order valence-corrected chi connectivity index (χ0v) is 12.0. The van der Waals surface area contributed by atoms with E-state index in [-0.39, 0.29) is 23.2 Å². The van der Waals surface area contributed by atoms with Gasteiger partial charge in [0.2, 0.25) is 0 Å². The summed E-state index contributed by atoms with van der Waals surface area (Å²) in [7, 11) is 0. The van der Waals surface area contributed by atoms with Crippen molar-refractivity contribution < 1.29 is 4.79 Å². The minimum Gasteiger partial charge on any atom is -0.325 e. The van der Waals surface area contributed by atoms with E-state index in [9.17, 15) is 4.79 Å². The molecule has 0 aliphatic rings. The number of carbonyl (C=O) groups excluding carboxylic acids is 1. The van der Waals surface area contributed by atoms with Crippen LogP contribution in [0.3, 0.4) is 0 Å². The van der Waals surface area contributed by atoms with Gasteiger partial charge in [0, 0.05) is 11.5 Å². The highest BCUT2D eigenvalue weighted by Gasteiger charge is 2.32. The lowest BCUT2D eigenvalue weighted by molar-refractivity contribution is -0.120. The molecule has 0 aromatic heterocycles. The minimum atomic E-state index is -0.301. The van der Waals surface area contributed by atoms with Crippen LogP contribution in [-0.2, 0) is 4.79 Å². The Morgan fingerprint density at radius 3 is 2.35 bits per heavy atom. The van der Waals surface area contributed by atoms with Crippen molar-refractivity contribution in [1.82, 2.24) is 0 Å². The lowest BCUT2D eigenvalue weighted by Crippen LogP contribution is -2.45. The van der Waals surface area contributed by atoms with Crippen LogP contribution in [0, 0.1) is 11.8 Å². The topological polar surface area (TPSA) is 43.1 Å². The molecule has 0 aromatic carbocycles. The van der Waals surface area contributed by atoms with Crippen molar-refractivity contribution in [3.63, 3.8) is 0 Å². The third-order valence-corrected chi connectivity index (χ3v) is 3.58. The van der Waals surface area contributed by atoms with Crippen LogP contribution < -0.4 is 5.73 Å². The summed E-state index contributed by atoms with van der Waals surface area (Å²) >= 11 is 0. The third kappa shape index (κ3) is 6.02. The first-order valence-corrected chi connectivity index (χ1v) is 6.79. The smallest absolute Gasteiger partial charge is 0.158 e. The van der Waals surface area contributed by atoms with Gasteiger partial charge >= 0.3 is 0 Å². The van der Waals surface area contributed by atoms with E-state index in [0.29, 0.717) is 0 Å². The largest absolute Gasteiger partial charge is 0.325 e. The number of rotatable bonds is 9. The first-order valence-electron chi connectivity index (χ1n) is 6.79. The molecule has 100 valence electrons. The highest BCUT2D eigenvalue weighted by atomic mass is 16.1. The van der Waals surface area contributed by atoms with Crippen molar-refractivity contribution in [3.05, 3.63) is 12.7 Å². The summed E-state index contributed by atoms with van der Waals surface area (Å²) in [6, 6.07) is 0. The van der Waals surface area contributed by atoms with Gasteiger partial charge in [0.15, 0.2) is 5.78 Å². The van der Waals surface area contributed by atoms with Crippen LogP contribution in [-0.4, -0.2) is 11.3 Å². The maximum Gasteiger partial charge on any atom is 0.158 e. The fourth-order valence-corrected chi connectivity index (χ4v) is 2.44. The highest BCUT2D eigenvalue weighted by Crippen LogP contribution is 2.29. The first-order chi connectivity index (χ1) is 7.84. The average Bonchev–Trinajstić information content (AvgIpc) is 2.25. The van der Waals surface area contributed by atoms with E-state index in [4.69, 9.17) is 5.73 Å². The van der Waals surface area contributed by atoms with Gasteiger partial charge < -0.3 is 5.73 Å². The Morgan fingerprint density at radius 2 is 1.94 bits per heavy atom. The Labute approximate surface area is 107 Å². The summed E-state index contributed by atoms with van der Waals surface area (Å²) in [6.45, 7) is 11.8. The molecule has 2 atom stereocenters. The summed E-state index contributed by atoms with van der Waals surface area (Å²) < 4.78 is 0. The number of hydrogen-bond acceptors (Lipinski definition) is 2. The van der Waals surface area contributed by atoms with E-state index in [1.165, 1.54) is 25.3 Å². The number of allylic oxidation sites excluding steroid dienone is 1. The summed E-state index contributed by atoms with van der Waals surface area (Å²) in [6.07, 6.45) is 7.35. The summed E-state index contributed by atoms with van der Waals surface area (Å²) in [4.78, 5) is 11.7. The van der Waals surface area contributed by atoms with Crippen molar-refractivity contribution in [3.8, 4) is 0 Å². The van der Waals surface area contributed by atoms with Crippen LogP contribution in [0.15, 0.2) is 12.7 Å². The number of carbonyl (C=O) groups is 1. The Morgan fingerprint density at radius 1 is 1.35 bits per heavy atom. The van der Waals surface area contributed by atoms with Crippen molar-refractivity contribution in [2.45, 2.75) is 65.3 Å². The molecule has 2 unspecified atom stereocenters. The number of nitrogens with two attached hydrogens (primary N) is 1. The van der Waals surface area contributed by atoms with Gasteiger partial charge in [-0.3, -0.25) is 4.79 Å². The normalized spacial score (nSPS) is 15.4. The molecule has 0 saturated carbocycles. The Kier molecular flexibility index (Phi) is 7.37. The zero-order valence-electron chi connectivity index (χ0n) is 12.0. The minimum absolute atomic E-state index is 0.0193. The van der Waals surface area contributed by atoms with E-state index in [1.54, 1.807) is 0 Å². The quantitative estimate of drug-likeness (QED) is 0.492. The van der Waals surface area contributed by atoms with Crippen LogP contribution >= 0.6 is 0 Å². The van der Waals surface area contributed by atoms with E-state index in [2.05, 4.69) is 13.5 Å². The zero-order chi connectivity index (χ0) is 13.5. The first kappa shape index (κ1) is 16.4. The van der Waals surface area contributed by atoms with E-state index in [1.807, 2.05) is 20.8 Å². The maximum atomic E-state index is 11.7. The fourth-order valence-electron chi connectivity index (χ4n) is 2.44. The lowest BCUT2D eigenvalue weighted by atomic mass is 9.74. The molecule has 0 rings (SSSR count). The second-order valence-corrected chi connectivity index (χ2v) is 5.67. The van der Waals surface area contributed by atoms with Gasteiger partial charge in [0.1, 0.15) is 0 Å². The van der Waals surface area contributed by atoms with E-state index < -0.39 is 0 Å². The predicted molar refractivity (Wildman–Crippen MR) is 74.9 cm³/mol. The van der Waals surface area contributed by atoms with Crippen LogP contribution in [0.2, 0.25) is 0 Å². The SMILES string of the molecule is C=CC(=O)C(C)C(CCCCCC)C(C)(C)N. The molecule has 0 bridgehead atoms. The van der Waals surface area contributed by atoms with Gasteiger partial charge in [-0.15, -0.1) is 0 Å². The van der Waals surface area contributed by atoms with Gasteiger partial charge in [-0.05, 0) is 32.3 Å². The van der Waals surface area contributed by atoms with Crippen molar-refractivity contribution >= 4 is 5.78 Å². The summed E-state index contributed by atoms with van der Waals surface area (Å²) in [5.41, 5.74) is 5.90. The number of hydrogen-bond donors (Lipinski definition) is 1. The lowest BCUT2D eigenvalue weighted by Gasteiger charge is -2.34. The molecule has 0 spiro atoms. The molecule has 0 aromatic rings. The van der Waals surface area contributed by atoms with Gasteiger partial charge in [-0.1, -0.05) is 46.1 Å². The Hall–Kier alpha value is -0.630. The Balaban J connectivity index is 4.44. The van der Waals surface area contributed by atoms with Gasteiger partial charge in [-0.25, -0.2) is 0 Å². The molecule has 0 radical (unpaired) electrons. The molecular formula is C15H29NO. The number of ketones is 1. The van der Waals surface area contributed by atoms with Crippen molar-refractivity contribution in [1.29, 1.82) is 0 Å². The predicted octanol–water partition coefficient (Wildman–Crippen LogP) is 3.70. The average molecular weight is 239 g/mol. The molecule has 2 heteroatoms. The Bertz CT molecular complexity index is 240. The molecule has 0 fully saturated rings. The molecule has 0 heterocycles.